The van der Waals surface area contributed by atoms with E-state index < -0.39 is 0 Å². The Hall–Kier alpha value is -0.380. The van der Waals surface area contributed by atoms with Crippen LogP contribution in [0.4, 0.5) is 0 Å². The largest absolute Gasteiger partial charge is 0.391 e. The van der Waals surface area contributed by atoms with Gasteiger partial charge in [-0.15, -0.1) is 11.3 Å². The summed E-state index contributed by atoms with van der Waals surface area (Å²) in [6.45, 7) is 0.972. The van der Waals surface area contributed by atoms with E-state index in [1.165, 1.54) is 11.3 Å². The summed E-state index contributed by atoms with van der Waals surface area (Å²) in [4.78, 5) is 3.66. The zero-order valence-electron chi connectivity index (χ0n) is 8.52. The summed E-state index contributed by atoms with van der Waals surface area (Å²) in [5.74, 6) is 0. The molecular weight excluding hydrogens is 194 g/mol. The van der Waals surface area contributed by atoms with E-state index in [-0.39, 0.29) is 6.10 Å². The van der Waals surface area contributed by atoms with Gasteiger partial charge in [0.2, 0.25) is 0 Å². The molecule has 1 N–H and O–H groups in total. The van der Waals surface area contributed by atoms with Crippen molar-refractivity contribution in [1.82, 2.24) is 4.90 Å². The van der Waals surface area contributed by atoms with Crippen molar-refractivity contribution < 1.29 is 5.11 Å². The van der Waals surface area contributed by atoms with Gasteiger partial charge < -0.3 is 5.11 Å². The van der Waals surface area contributed by atoms with Gasteiger partial charge in [0.1, 0.15) is 0 Å². The number of thiophene rings is 1. The highest BCUT2D eigenvalue weighted by Crippen LogP contribution is 2.25. The maximum atomic E-state index is 9.75. The Bertz CT molecular complexity index is 273. The van der Waals surface area contributed by atoms with Crippen molar-refractivity contribution in [3.8, 4) is 0 Å². The first-order chi connectivity index (χ1) is 6.77. The van der Waals surface area contributed by atoms with Gasteiger partial charge in [0.25, 0.3) is 0 Å². The normalized spacial score (nSPS) is 27.4. The number of nitrogens with zero attached hydrogens (tertiary/aromatic N) is 1. The molecule has 1 aliphatic rings. The minimum atomic E-state index is -0.111. The molecule has 0 spiro atoms. The molecule has 2 nitrogen and oxygen atoms in total. The first-order valence-corrected chi connectivity index (χ1v) is 6.06. The molecule has 1 aromatic rings. The second-order valence-corrected chi connectivity index (χ2v) is 5.09. The average molecular weight is 211 g/mol. The molecular formula is C11H17NOS. The van der Waals surface area contributed by atoms with Crippen molar-refractivity contribution in [2.45, 2.75) is 38.0 Å². The molecule has 1 saturated carbocycles. The molecule has 2 rings (SSSR count). The Kier molecular flexibility index (Phi) is 3.21. The van der Waals surface area contributed by atoms with Crippen LogP contribution in [0, 0.1) is 0 Å². The van der Waals surface area contributed by atoms with Gasteiger partial charge in [-0.2, -0.15) is 0 Å². The fourth-order valence-electron chi connectivity index (χ4n) is 2.20. The fraction of sp³-hybridized carbons (Fsp3) is 0.636. The zero-order valence-corrected chi connectivity index (χ0v) is 9.33. The topological polar surface area (TPSA) is 23.5 Å². The Morgan fingerprint density at radius 1 is 1.57 bits per heavy atom. The lowest BCUT2D eigenvalue weighted by atomic mass is 10.2. The predicted molar refractivity (Wildman–Crippen MR) is 59.4 cm³/mol. The van der Waals surface area contributed by atoms with Gasteiger partial charge in [-0.05, 0) is 37.8 Å². The number of hydrogen-bond donors (Lipinski definition) is 1. The van der Waals surface area contributed by atoms with Gasteiger partial charge in [-0.1, -0.05) is 6.07 Å². The van der Waals surface area contributed by atoms with E-state index in [0.29, 0.717) is 6.04 Å². The molecule has 1 fully saturated rings. The lowest BCUT2D eigenvalue weighted by Crippen LogP contribution is -2.36. The first kappa shape index (κ1) is 10.1. The van der Waals surface area contributed by atoms with Crippen LogP contribution >= 0.6 is 11.3 Å². The van der Waals surface area contributed by atoms with E-state index in [4.69, 9.17) is 0 Å². The molecule has 0 aromatic carbocycles. The highest BCUT2D eigenvalue weighted by molar-refractivity contribution is 7.09. The third-order valence-electron chi connectivity index (χ3n) is 3.00. The maximum absolute atomic E-state index is 9.75. The van der Waals surface area contributed by atoms with Crippen LogP contribution in [0.25, 0.3) is 0 Å². The van der Waals surface area contributed by atoms with Gasteiger partial charge in [0.05, 0.1) is 6.10 Å². The number of aliphatic hydroxyl groups is 1. The van der Waals surface area contributed by atoms with Crippen LogP contribution < -0.4 is 0 Å². The smallest absolute Gasteiger partial charge is 0.0695 e. The second kappa shape index (κ2) is 4.43. The van der Waals surface area contributed by atoms with Gasteiger partial charge in [-0.25, -0.2) is 0 Å². The summed E-state index contributed by atoms with van der Waals surface area (Å²) < 4.78 is 0. The van der Waals surface area contributed by atoms with E-state index in [9.17, 15) is 5.11 Å². The molecule has 0 amide bonds. The number of likely N-dealkylation sites (N-methyl/N-ethyl adjacent to an activating group) is 1. The molecule has 14 heavy (non-hydrogen) atoms. The lowest BCUT2D eigenvalue weighted by molar-refractivity contribution is 0.0830. The minimum absolute atomic E-state index is 0.111. The van der Waals surface area contributed by atoms with Crippen LogP contribution in [0.3, 0.4) is 0 Å². The summed E-state index contributed by atoms with van der Waals surface area (Å²) in [7, 11) is 2.11. The van der Waals surface area contributed by atoms with Crippen LogP contribution in [0.15, 0.2) is 17.5 Å². The molecule has 0 radical (unpaired) electrons. The highest BCUT2D eigenvalue weighted by atomic mass is 32.1. The van der Waals surface area contributed by atoms with Crippen molar-refractivity contribution in [3.63, 3.8) is 0 Å². The summed E-state index contributed by atoms with van der Waals surface area (Å²) in [5.41, 5.74) is 0. The third kappa shape index (κ3) is 2.16. The number of hydrogen-bond acceptors (Lipinski definition) is 3. The third-order valence-corrected chi connectivity index (χ3v) is 3.86. The van der Waals surface area contributed by atoms with E-state index >= 15 is 0 Å². The van der Waals surface area contributed by atoms with Crippen LogP contribution in [-0.4, -0.2) is 29.2 Å². The van der Waals surface area contributed by atoms with E-state index in [1.54, 1.807) is 11.3 Å². The number of rotatable bonds is 3. The van der Waals surface area contributed by atoms with E-state index in [2.05, 4.69) is 29.5 Å². The maximum Gasteiger partial charge on any atom is 0.0695 e. The summed E-state index contributed by atoms with van der Waals surface area (Å²) in [6.07, 6.45) is 3.17. The molecule has 0 saturated heterocycles. The molecule has 0 bridgehead atoms. The molecule has 2 atom stereocenters. The Morgan fingerprint density at radius 3 is 3.00 bits per heavy atom. The lowest BCUT2D eigenvalue weighted by Gasteiger charge is -2.26. The van der Waals surface area contributed by atoms with Crippen molar-refractivity contribution in [3.05, 3.63) is 22.4 Å². The number of aliphatic hydroxyl groups excluding tert-OH is 1. The quantitative estimate of drug-likeness (QED) is 0.827. The zero-order chi connectivity index (χ0) is 9.97. The SMILES string of the molecule is CN(Cc1cccs1)[C@@H]1CCC[C@H]1O. The fourth-order valence-corrected chi connectivity index (χ4v) is 2.97. The van der Waals surface area contributed by atoms with Crippen molar-refractivity contribution >= 4 is 11.3 Å². The van der Waals surface area contributed by atoms with Crippen LogP contribution in [-0.2, 0) is 6.54 Å². The molecule has 0 unspecified atom stereocenters. The van der Waals surface area contributed by atoms with E-state index in [0.717, 1.165) is 19.4 Å². The molecule has 1 aliphatic carbocycles. The van der Waals surface area contributed by atoms with Crippen LogP contribution in [0.1, 0.15) is 24.1 Å². The molecule has 1 heterocycles. The Morgan fingerprint density at radius 2 is 2.43 bits per heavy atom. The monoisotopic (exact) mass is 211 g/mol. The molecule has 3 heteroatoms. The summed E-state index contributed by atoms with van der Waals surface area (Å²) in [5, 5.41) is 11.9. The van der Waals surface area contributed by atoms with Gasteiger partial charge in [0.15, 0.2) is 0 Å². The highest BCUT2D eigenvalue weighted by Gasteiger charge is 2.28. The van der Waals surface area contributed by atoms with Crippen molar-refractivity contribution in [1.29, 1.82) is 0 Å². The molecule has 1 aromatic heterocycles. The van der Waals surface area contributed by atoms with Crippen LogP contribution in [0.2, 0.25) is 0 Å². The minimum Gasteiger partial charge on any atom is -0.391 e. The average Bonchev–Trinajstić information content (AvgIpc) is 2.75. The van der Waals surface area contributed by atoms with Crippen LogP contribution in [0.5, 0.6) is 0 Å². The standard InChI is InChI=1S/C11H17NOS/c1-12(8-9-4-3-7-14-9)10-5-2-6-11(10)13/h3-4,7,10-11,13H,2,5-6,8H2,1H3/t10-,11-/m1/s1. The van der Waals surface area contributed by atoms with Crippen molar-refractivity contribution in [2.75, 3.05) is 7.05 Å². The van der Waals surface area contributed by atoms with Gasteiger partial charge in [0, 0.05) is 17.5 Å². The molecule has 78 valence electrons. The van der Waals surface area contributed by atoms with Gasteiger partial charge >= 0.3 is 0 Å². The van der Waals surface area contributed by atoms with E-state index in [1.807, 2.05) is 0 Å². The Balaban J connectivity index is 1.92. The van der Waals surface area contributed by atoms with Gasteiger partial charge in [-0.3, -0.25) is 4.90 Å². The first-order valence-electron chi connectivity index (χ1n) is 5.18. The van der Waals surface area contributed by atoms with Crippen molar-refractivity contribution in [2.24, 2.45) is 0 Å². The Labute approximate surface area is 89.2 Å². The summed E-state index contributed by atoms with van der Waals surface area (Å²) in [6, 6.07) is 4.61. The summed E-state index contributed by atoms with van der Waals surface area (Å²) >= 11 is 1.79. The predicted octanol–water partition coefficient (Wildman–Crippen LogP) is 2.09. The second-order valence-electron chi connectivity index (χ2n) is 4.06. The molecule has 0 aliphatic heterocycles.